The van der Waals surface area contributed by atoms with E-state index >= 15 is 0 Å². The fraction of sp³-hybridized carbons (Fsp3) is 0.400. The molecule has 29 heavy (non-hydrogen) atoms. The molecule has 2 fully saturated rings. The van der Waals surface area contributed by atoms with Crippen LogP contribution in [-0.2, 0) is 25.5 Å². The summed E-state index contributed by atoms with van der Waals surface area (Å²) in [6, 6.07) is 8.76. The number of nitrogens with zero attached hydrogens (tertiary/aromatic N) is 2. The molecule has 3 amide bonds. The molecule has 1 aromatic carbocycles. The minimum Gasteiger partial charge on any atom is -0.420 e. The number of carbonyl (C=O) groups is 3. The Hall–Kier alpha value is -3.20. The number of hydrogen-bond acceptors (Lipinski definition) is 7. The zero-order chi connectivity index (χ0) is 20.2. The van der Waals surface area contributed by atoms with Crippen molar-refractivity contribution >= 4 is 23.6 Å². The van der Waals surface area contributed by atoms with Crippen LogP contribution in [0.3, 0.4) is 0 Å². The van der Waals surface area contributed by atoms with Gasteiger partial charge in [0.05, 0.1) is 19.6 Å². The second kappa shape index (κ2) is 8.44. The van der Waals surface area contributed by atoms with Gasteiger partial charge in [-0.25, -0.2) is 4.98 Å². The number of carbonyl (C=O) groups excluding carboxylic acids is 3. The van der Waals surface area contributed by atoms with Crippen LogP contribution in [0.2, 0.25) is 0 Å². The van der Waals surface area contributed by atoms with Gasteiger partial charge in [0.1, 0.15) is 11.7 Å². The summed E-state index contributed by atoms with van der Waals surface area (Å²) in [6.45, 7) is 2.43. The number of nitrogens with one attached hydrogen (secondary N) is 2. The quantitative estimate of drug-likeness (QED) is 0.711. The predicted molar refractivity (Wildman–Crippen MR) is 103 cm³/mol. The molecule has 9 heteroatoms. The number of anilines is 1. The van der Waals surface area contributed by atoms with Crippen LogP contribution >= 0.6 is 0 Å². The number of hydrogen-bond donors (Lipinski definition) is 2. The lowest BCUT2D eigenvalue weighted by molar-refractivity contribution is -0.137. The SMILES string of the molecule is O=C1CCC(NC(=O)Cc2nc(-c3ccccc3)oc2N2CCOCC2)C(=O)N1. The second-order valence-corrected chi connectivity index (χ2v) is 6.98. The Kier molecular flexibility index (Phi) is 5.57. The Balaban J connectivity index is 1.53. The van der Waals surface area contributed by atoms with E-state index in [0.29, 0.717) is 50.2 Å². The van der Waals surface area contributed by atoms with E-state index in [4.69, 9.17) is 9.15 Å². The summed E-state index contributed by atoms with van der Waals surface area (Å²) < 4.78 is 11.4. The molecule has 4 rings (SSSR count). The molecule has 152 valence electrons. The predicted octanol–water partition coefficient (Wildman–Crippen LogP) is 0.642. The molecule has 2 saturated heterocycles. The summed E-state index contributed by atoms with van der Waals surface area (Å²) in [5.74, 6) is -0.157. The number of ether oxygens (including phenoxy) is 1. The molecule has 2 aliphatic heterocycles. The highest BCUT2D eigenvalue weighted by molar-refractivity contribution is 6.01. The Bertz CT molecular complexity index is 905. The number of imide groups is 1. The molecular weight excluding hydrogens is 376 g/mol. The Morgan fingerprint density at radius 1 is 1.21 bits per heavy atom. The minimum absolute atomic E-state index is 0.0270. The maximum atomic E-state index is 12.6. The maximum Gasteiger partial charge on any atom is 0.249 e. The zero-order valence-corrected chi connectivity index (χ0v) is 15.8. The van der Waals surface area contributed by atoms with E-state index in [1.807, 2.05) is 35.2 Å². The van der Waals surface area contributed by atoms with Gasteiger partial charge < -0.3 is 19.4 Å². The fourth-order valence-corrected chi connectivity index (χ4v) is 3.41. The maximum absolute atomic E-state index is 12.6. The first kappa shape index (κ1) is 19.1. The summed E-state index contributed by atoms with van der Waals surface area (Å²) in [5, 5.41) is 4.93. The van der Waals surface area contributed by atoms with Crippen molar-refractivity contribution in [3.05, 3.63) is 36.0 Å². The van der Waals surface area contributed by atoms with Crippen molar-refractivity contribution in [2.75, 3.05) is 31.2 Å². The van der Waals surface area contributed by atoms with Crippen molar-refractivity contribution in [1.29, 1.82) is 0 Å². The van der Waals surface area contributed by atoms with Crippen LogP contribution in [0.1, 0.15) is 18.5 Å². The number of aromatic nitrogens is 1. The van der Waals surface area contributed by atoms with Crippen LogP contribution in [0.5, 0.6) is 0 Å². The Labute approximate surface area is 167 Å². The van der Waals surface area contributed by atoms with E-state index < -0.39 is 11.9 Å². The van der Waals surface area contributed by atoms with Gasteiger partial charge in [0.2, 0.25) is 29.5 Å². The van der Waals surface area contributed by atoms with Crippen LogP contribution in [0.15, 0.2) is 34.7 Å². The summed E-state index contributed by atoms with van der Waals surface area (Å²) in [6.07, 6.45) is 0.472. The molecule has 0 aliphatic carbocycles. The van der Waals surface area contributed by atoms with Gasteiger partial charge in [-0.1, -0.05) is 18.2 Å². The highest BCUT2D eigenvalue weighted by Crippen LogP contribution is 2.29. The lowest BCUT2D eigenvalue weighted by atomic mass is 10.1. The van der Waals surface area contributed by atoms with E-state index in [1.54, 1.807) is 0 Å². The Morgan fingerprint density at radius 3 is 2.69 bits per heavy atom. The molecule has 1 atom stereocenters. The topological polar surface area (TPSA) is 114 Å². The third kappa shape index (κ3) is 4.45. The van der Waals surface area contributed by atoms with Crippen molar-refractivity contribution in [1.82, 2.24) is 15.6 Å². The van der Waals surface area contributed by atoms with Gasteiger partial charge in [-0.05, 0) is 18.6 Å². The number of morpholine rings is 1. The number of amides is 3. The van der Waals surface area contributed by atoms with E-state index in [2.05, 4.69) is 15.6 Å². The lowest BCUT2D eigenvalue weighted by Gasteiger charge is -2.27. The minimum atomic E-state index is -0.715. The summed E-state index contributed by atoms with van der Waals surface area (Å²) in [5.41, 5.74) is 1.33. The van der Waals surface area contributed by atoms with Crippen molar-refractivity contribution in [2.45, 2.75) is 25.3 Å². The fourth-order valence-electron chi connectivity index (χ4n) is 3.41. The number of piperidine rings is 1. The molecule has 2 aliphatic rings. The van der Waals surface area contributed by atoms with E-state index in [0.717, 1.165) is 5.56 Å². The molecule has 1 aromatic heterocycles. The number of benzene rings is 1. The summed E-state index contributed by atoms with van der Waals surface area (Å²) in [7, 11) is 0. The van der Waals surface area contributed by atoms with Crippen LogP contribution in [0, 0.1) is 0 Å². The molecule has 2 aromatic rings. The molecule has 0 spiro atoms. The average Bonchev–Trinajstić information content (AvgIpc) is 3.15. The van der Waals surface area contributed by atoms with E-state index in [1.165, 1.54) is 0 Å². The molecule has 9 nitrogen and oxygen atoms in total. The van der Waals surface area contributed by atoms with Gasteiger partial charge in [0, 0.05) is 25.1 Å². The number of oxazole rings is 1. The summed E-state index contributed by atoms with van der Waals surface area (Å²) in [4.78, 5) is 42.3. The van der Waals surface area contributed by atoms with Crippen LogP contribution in [-0.4, -0.2) is 55.1 Å². The molecule has 0 saturated carbocycles. The Morgan fingerprint density at radius 2 is 1.97 bits per heavy atom. The van der Waals surface area contributed by atoms with Crippen LogP contribution in [0.4, 0.5) is 5.88 Å². The standard InChI is InChI=1S/C20H22N4O5/c25-16-7-6-14(18(27)23-16)21-17(26)12-15-20(24-8-10-28-11-9-24)29-19(22-15)13-4-2-1-3-5-13/h1-5,14H,6-12H2,(H,21,26)(H,23,25,27). The summed E-state index contributed by atoms with van der Waals surface area (Å²) >= 11 is 0. The first-order chi connectivity index (χ1) is 14.1. The van der Waals surface area contributed by atoms with Crippen molar-refractivity contribution in [3.8, 4) is 11.5 Å². The highest BCUT2D eigenvalue weighted by Gasteiger charge is 2.29. The molecule has 3 heterocycles. The molecule has 1 unspecified atom stereocenters. The largest absolute Gasteiger partial charge is 0.420 e. The van der Waals surface area contributed by atoms with Crippen molar-refractivity contribution in [2.24, 2.45) is 0 Å². The normalized spacial score (nSPS) is 19.7. The molecule has 2 N–H and O–H groups in total. The van der Waals surface area contributed by atoms with E-state index in [-0.39, 0.29) is 24.7 Å². The van der Waals surface area contributed by atoms with Crippen molar-refractivity contribution in [3.63, 3.8) is 0 Å². The first-order valence-corrected chi connectivity index (χ1v) is 9.61. The first-order valence-electron chi connectivity index (χ1n) is 9.61. The van der Waals surface area contributed by atoms with Crippen LogP contribution < -0.4 is 15.5 Å². The molecule has 0 radical (unpaired) electrons. The lowest BCUT2D eigenvalue weighted by Crippen LogP contribution is -2.52. The molecule has 0 bridgehead atoms. The third-order valence-electron chi connectivity index (χ3n) is 4.90. The van der Waals surface area contributed by atoms with Gasteiger partial charge in [0.15, 0.2) is 0 Å². The smallest absolute Gasteiger partial charge is 0.249 e. The average molecular weight is 398 g/mol. The monoisotopic (exact) mass is 398 g/mol. The van der Waals surface area contributed by atoms with Gasteiger partial charge >= 0.3 is 0 Å². The second-order valence-electron chi connectivity index (χ2n) is 6.98. The third-order valence-corrected chi connectivity index (χ3v) is 4.90. The van der Waals surface area contributed by atoms with Gasteiger partial charge in [-0.2, -0.15) is 0 Å². The highest BCUT2D eigenvalue weighted by atomic mass is 16.5. The van der Waals surface area contributed by atoms with E-state index in [9.17, 15) is 14.4 Å². The zero-order valence-electron chi connectivity index (χ0n) is 15.8. The van der Waals surface area contributed by atoms with Gasteiger partial charge in [-0.3, -0.25) is 19.7 Å². The molecular formula is C20H22N4O5. The van der Waals surface area contributed by atoms with Gasteiger partial charge in [0.25, 0.3) is 0 Å². The number of rotatable bonds is 5. The van der Waals surface area contributed by atoms with Crippen LogP contribution in [0.25, 0.3) is 11.5 Å². The van der Waals surface area contributed by atoms with Crippen molar-refractivity contribution < 1.29 is 23.5 Å². The van der Waals surface area contributed by atoms with Gasteiger partial charge in [-0.15, -0.1) is 0 Å².